The third kappa shape index (κ3) is 1.77. The summed E-state index contributed by atoms with van der Waals surface area (Å²) in [4.78, 5) is 3.86. The van der Waals surface area contributed by atoms with Gasteiger partial charge in [-0.2, -0.15) is 0 Å². The van der Waals surface area contributed by atoms with Crippen molar-refractivity contribution in [3.63, 3.8) is 0 Å². The van der Waals surface area contributed by atoms with Gasteiger partial charge in [-0.3, -0.25) is 0 Å². The number of aromatic nitrogens is 1. The van der Waals surface area contributed by atoms with Crippen LogP contribution in [0.15, 0.2) is 17.2 Å². The molecule has 1 aromatic heterocycles. The summed E-state index contributed by atoms with van der Waals surface area (Å²) in [6.07, 6.45) is 1.49. The first-order valence-electron chi connectivity index (χ1n) is 2.85. The predicted octanol–water partition coefficient (Wildman–Crippen LogP) is 1.62. The highest BCUT2D eigenvalue weighted by Gasteiger charge is 2.09. The molecule has 0 fully saturated rings. The van der Waals surface area contributed by atoms with E-state index < -0.39 is 11.1 Å². The number of hydrogen-bond donors (Lipinski definition) is 1. The Morgan fingerprint density at radius 2 is 2.36 bits per heavy atom. The van der Waals surface area contributed by atoms with Crippen molar-refractivity contribution in [1.82, 2.24) is 4.98 Å². The van der Waals surface area contributed by atoms with Gasteiger partial charge in [-0.05, 0) is 18.6 Å². The first kappa shape index (κ1) is 8.64. The van der Waals surface area contributed by atoms with E-state index >= 15 is 0 Å². The molecule has 11 heavy (non-hydrogen) atoms. The molecule has 3 nitrogen and oxygen atoms in total. The average Bonchev–Trinajstić information content (AvgIpc) is 1.85. The molecule has 0 saturated carbocycles. The van der Waals surface area contributed by atoms with Gasteiger partial charge in [0.2, 0.25) is 0 Å². The molecule has 0 aliphatic rings. The molecule has 0 radical (unpaired) electrons. The van der Waals surface area contributed by atoms with Crippen molar-refractivity contribution in [3.8, 4) is 0 Å². The zero-order valence-electron chi connectivity index (χ0n) is 5.74. The number of rotatable bonds is 1. The van der Waals surface area contributed by atoms with Crippen molar-refractivity contribution in [3.05, 3.63) is 23.0 Å². The van der Waals surface area contributed by atoms with Crippen LogP contribution in [0.2, 0.25) is 5.15 Å². The summed E-state index contributed by atoms with van der Waals surface area (Å²) in [6, 6.07) is 1.63. The standard InChI is InChI=1S/C6H6ClNO2S/c1-4-2-3-8-6(7)5(4)11(9)10/h2-3H,1H3,(H,9,10). The second-order valence-corrected chi connectivity index (χ2v) is 3.26. The summed E-state index contributed by atoms with van der Waals surface area (Å²) < 4.78 is 19.4. The maximum atomic E-state index is 10.6. The highest BCUT2D eigenvalue weighted by molar-refractivity contribution is 7.79. The van der Waals surface area contributed by atoms with E-state index in [9.17, 15) is 4.21 Å². The van der Waals surface area contributed by atoms with E-state index in [-0.39, 0.29) is 10.0 Å². The van der Waals surface area contributed by atoms with E-state index in [4.69, 9.17) is 16.2 Å². The second kappa shape index (κ2) is 3.30. The van der Waals surface area contributed by atoms with Crippen LogP contribution in [0.3, 0.4) is 0 Å². The normalized spacial score (nSPS) is 13.0. The highest BCUT2D eigenvalue weighted by Crippen LogP contribution is 2.19. The lowest BCUT2D eigenvalue weighted by molar-refractivity contribution is 0.563. The molecule has 0 saturated heterocycles. The van der Waals surface area contributed by atoms with E-state index in [0.29, 0.717) is 5.56 Å². The van der Waals surface area contributed by atoms with E-state index in [2.05, 4.69) is 4.98 Å². The summed E-state index contributed by atoms with van der Waals surface area (Å²) in [7, 11) is 0. The Labute approximate surface area is 71.7 Å². The van der Waals surface area contributed by atoms with Crippen molar-refractivity contribution < 1.29 is 8.76 Å². The largest absolute Gasteiger partial charge is 0.302 e. The highest BCUT2D eigenvalue weighted by atomic mass is 35.5. The van der Waals surface area contributed by atoms with Gasteiger partial charge in [0.25, 0.3) is 0 Å². The minimum absolute atomic E-state index is 0.0887. The fourth-order valence-electron chi connectivity index (χ4n) is 0.721. The Hall–Kier alpha value is -0.450. The van der Waals surface area contributed by atoms with Crippen LogP contribution >= 0.6 is 11.6 Å². The predicted molar refractivity (Wildman–Crippen MR) is 43.0 cm³/mol. The lowest BCUT2D eigenvalue weighted by atomic mass is 10.3. The second-order valence-electron chi connectivity index (χ2n) is 2.00. The third-order valence-corrected chi connectivity index (χ3v) is 2.50. The summed E-state index contributed by atoms with van der Waals surface area (Å²) in [5.41, 5.74) is 0.672. The SMILES string of the molecule is Cc1ccnc(Cl)c1S(=O)O. The molecule has 1 heterocycles. The summed E-state index contributed by atoms with van der Waals surface area (Å²) >= 11 is 3.51. The molecule has 0 bridgehead atoms. The quantitative estimate of drug-likeness (QED) is 0.542. The molecular formula is C6H6ClNO2S. The molecule has 1 atom stereocenters. The number of aryl methyl sites for hydroxylation is 1. The third-order valence-electron chi connectivity index (χ3n) is 1.23. The van der Waals surface area contributed by atoms with E-state index in [0.717, 1.165) is 0 Å². The van der Waals surface area contributed by atoms with Gasteiger partial charge in [0.15, 0.2) is 11.1 Å². The maximum Gasteiger partial charge on any atom is 0.189 e. The average molecular weight is 192 g/mol. The minimum atomic E-state index is -2.05. The smallest absolute Gasteiger partial charge is 0.189 e. The molecule has 5 heteroatoms. The lowest BCUT2D eigenvalue weighted by Gasteiger charge is -2.00. The van der Waals surface area contributed by atoms with Gasteiger partial charge in [0.05, 0.1) is 0 Å². The van der Waals surface area contributed by atoms with Crippen molar-refractivity contribution in [2.24, 2.45) is 0 Å². The molecule has 0 spiro atoms. The van der Waals surface area contributed by atoms with E-state index in [1.54, 1.807) is 13.0 Å². The van der Waals surface area contributed by atoms with Gasteiger partial charge in [-0.25, -0.2) is 9.19 Å². The maximum absolute atomic E-state index is 10.6. The first-order chi connectivity index (χ1) is 5.13. The summed E-state index contributed by atoms with van der Waals surface area (Å²) in [5.74, 6) is 0. The topological polar surface area (TPSA) is 50.2 Å². The molecular weight excluding hydrogens is 186 g/mol. The fraction of sp³-hybridized carbons (Fsp3) is 0.167. The molecule has 60 valence electrons. The van der Waals surface area contributed by atoms with Gasteiger partial charge in [-0.1, -0.05) is 11.6 Å². The molecule has 1 aromatic rings. The number of hydrogen-bond acceptors (Lipinski definition) is 2. The molecule has 0 aliphatic heterocycles. The Kier molecular flexibility index (Phi) is 2.59. The summed E-state index contributed by atoms with van der Waals surface area (Å²) in [6.45, 7) is 1.71. The van der Waals surface area contributed by atoms with Crippen LogP contribution in [-0.2, 0) is 11.1 Å². The first-order valence-corrected chi connectivity index (χ1v) is 4.33. The minimum Gasteiger partial charge on any atom is -0.302 e. The number of nitrogens with zero attached hydrogens (tertiary/aromatic N) is 1. The zero-order valence-corrected chi connectivity index (χ0v) is 7.32. The van der Waals surface area contributed by atoms with Gasteiger partial charge >= 0.3 is 0 Å². The van der Waals surface area contributed by atoms with Crippen molar-refractivity contribution in [2.45, 2.75) is 11.8 Å². The van der Waals surface area contributed by atoms with Gasteiger partial charge in [0, 0.05) is 6.20 Å². The molecule has 0 aromatic carbocycles. The molecule has 1 N–H and O–H groups in total. The van der Waals surface area contributed by atoms with E-state index in [1.807, 2.05) is 0 Å². The molecule has 1 rings (SSSR count). The van der Waals surface area contributed by atoms with Crippen molar-refractivity contribution >= 4 is 22.7 Å². The fourth-order valence-corrected chi connectivity index (χ4v) is 1.66. The van der Waals surface area contributed by atoms with Crippen molar-refractivity contribution in [2.75, 3.05) is 0 Å². The van der Waals surface area contributed by atoms with Crippen LogP contribution < -0.4 is 0 Å². The Balaban J connectivity index is 3.32. The number of halogens is 1. The summed E-state index contributed by atoms with van der Waals surface area (Å²) in [5, 5.41) is 0.0887. The monoisotopic (exact) mass is 191 g/mol. The Morgan fingerprint density at radius 1 is 1.73 bits per heavy atom. The molecule has 0 amide bonds. The van der Waals surface area contributed by atoms with Crippen LogP contribution in [-0.4, -0.2) is 13.7 Å². The van der Waals surface area contributed by atoms with Crippen LogP contribution in [0.25, 0.3) is 0 Å². The van der Waals surface area contributed by atoms with E-state index in [1.165, 1.54) is 6.20 Å². The Morgan fingerprint density at radius 3 is 2.73 bits per heavy atom. The molecule has 0 aliphatic carbocycles. The lowest BCUT2D eigenvalue weighted by Crippen LogP contribution is -1.95. The van der Waals surface area contributed by atoms with Crippen LogP contribution in [0.4, 0.5) is 0 Å². The number of pyridine rings is 1. The molecule has 1 unspecified atom stereocenters. The van der Waals surface area contributed by atoms with Gasteiger partial charge in [0.1, 0.15) is 10.0 Å². The zero-order chi connectivity index (χ0) is 8.43. The van der Waals surface area contributed by atoms with Crippen molar-refractivity contribution in [1.29, 1.82) is 0 Å². The van der Waals surface area contributed by atoms with Crippen LogP contribution in [0, 0.1) is 6.92 Å². The van der Waals surface area contributed by atoms with Crippen LogP contribution in [0.1, 0.15) is 5.56 Å². The van der Waals surface area contributed by atoms with Gasteiger partial charge in [-0.15, -0.1) is 0 Å². The van der Waals surface area contributed by atoms with Crippen LogP contribution in [0.5, 0.6) is 0 Å². The Bertz CT molecular complexity index is 282. The van der Waals surface area contributed by atoms with Gasteiger partial charge < -0.3 is 4.55 Å².